The molecule has 2 saturated heterocycles. The lowest BCUT2D eigenvalue weighted by Crippen LogP contribution is -2.64. The number of carbonyl (C=O) groups excluding carboxylic acids is 1. The van der Waals surface area contributed by atoms with E-state index in [1.54, 1.807) is 12.4 Å². The average molecular weight is 444 g/mol. The monoisotopic (exact) mass is 443 g/mol. The molecule has 2 aliphatic heterocycles. The second-order valence-corrected chi connectivity index (χ2v) is 9.03. The molecule has 0 spiro atoms. The first-order chi connectivity index (χ1) is 16.1. The van der Waals surface area contributed by atoms with Crippen molar-refractivity contribution in [1.29, 1.82) is 0 Å². The maximum absolute atomic E-state index is 13.9. The topological polar surface area (TPSA) is 102 Å². The van der Waals surface area contributed by atoms with Crippen molar-refractivity contribution in [2.45, 2.75) is 38.8 Å². The number of anilines is 1. The summed E-state index contributed by atoms with van der Waals surface area (Å²) in [4.78, 5) is 26.6. The first-order valence-corrected chi connectivity index (χ1v) is 11.3. The maximum atomic E-state index is 13.9. The zero-order valence-electron chi connectivity index (χ0n) is 18.5. The van der Waals surface area contributed by atoms with Crippen molar-refractivity contribution in [2.24, 2.45) is 11.8 Å². The number of hydrogen-bond donors (Lipinski definition) is 1. The summed E-state index contributed by atoms with van der Waals surface area (Å²) in [5.74, 6) is 0.907. The number of pyridine rings is 1. The fraction of sp³-hybridized carbons (Fsp3) is 0.375. The van der Waals surface area contributed by atoms with E-state index in [9.17, 15) is 4.79 Å². The standard InChI is InChI=1S/C24H25N7O2/c1-14-7-8-19(31-26-9-10-27-31)22(28-14)23(32)30-17-11-16(12-17)15(2)20(30)13-25-24-29-18-5-3-4-6-21(18)33-24/h3-10,15-17,20H,11-13H2,1-2H3,(H,25,29). The molecule has 4 aromatic rings. The number of carbonyl (C=O) groups is 1. The van der Waals surface area contributed by atoms with Crippen molar-refractivity contribution in [3.05, 3.63) is 60.2 Å². The molecule has 168 valence electrons. The first-order valence-electron chi connectivity index (χ1n) is 11.3. The van der Waals surface area contributed by atoms with Gasteiger partial charge in [0.1, 0.15) is 11.2 Å². The predicted molar refractivity (Wildman–Crippen MR) is 122 cm³/mol. The summed E-state index contributed by atoms with van der Waals surface area (Å²) in [6.45, 7) is 4.69. The molecule has 2 unspecified atom stereocenters. The van der Waals surface area contributed by atoms with Crippen LogP contribution in [0, 0.1) is 18.8 Å². The third kappa shape index (κ3) is 3.35. The van der Waals surface area contributed by atoms with Crippen LogP contribution >= 0.6 is 0 Å². The first kappa shape index (κ1) is 19.9. The predicted octanol–water partition coefficient (Wildman–Crippen LogP) is 3.46. The van der Waals surface area contributed by atoms with Crippen molar-refractivity contribution >= 4 is 23.0 Å². The van der Waals surface area contributed by atoms with Gasteiger partial charge < -0.3 is 14.6 Å². The second kappa shape index (κ2) is 7.68. The third-order valence-corrected chi connectivity index (χ3v) is 7.09. The fourth-order valence-electron chi connectivity index (χ4n) is 5.20. The highest BCUT2D eigenvalue weighted by molar-refractivity contribution is 5.96. The van der Waals surface area contributed by atoms with Crippen LogP contribution in [0.5, 0.6) is 0 Å². The van der Waals surface area contributed by atoms with E-state index in [-0.39, 0.29) is 18.0 Å². The number of fused-ring (bicyclic) bond motifs is 3. The van der Waals surface area contributed by atoms with Gasteiger partial charge in [-0.1, -0.05) is 19.1 Å². The number of hydrogen-bond acceptors (Lipinski definition) is 7. The van der Waals surface area contributed by atoms with E-state index in [1.165, 1.54) is 4.80 Å². The molecule has 1 aromatic carbocycles. The van der Waals surface area contributed by atoms with Crippen LogP contribution in [-0.2, 0) is 0 Å². The Kier molecular flexibility index (Phi) is 4.63. The zero-order chi connectivity index (χ0) is 22.5. The van der Waals surface area contributed by atoms with Gasteiger partial charge in [0.25, 0.3) is 11.9 Å². The molecule has 3 aliphatic rings. The number of aryl methyl sites for hydroxylation is 1. The van der Waals surface area contributed by atoms with E-state index in [0.29, 0.717) is 35.8 Å². The molecule has 7 rings (SSSR count). The highest BCUT2D eigenvalue weighted by atomic mass is 16.4. The maximum Gasteiger partial charge on any atom is 0.295 e. The third-order valence-electron chi connectivity index (χ3n) is 7.09. The van der Waals surface area contributed by atoms with Gasteiger partial charge in [-0.2, -0.15) is 15.2 Å². The van der Waals surface area contributed by atoms with Crippen molar-refractivity contribution < 1.29 is 9.21 Å². The van der Waals surface area contributed by atoms with Crippen molar-refractivity contribution in [3.8, 4) is 5.69 Å². The Hall–Kier alpha value is -3.75. The Labute approximate surface area is 190 Å². The van der Waals surface area contributed by atoms with Gasteiger partial charge in [0.05, 0.1) is 18.4 Å². The van der Waals surface area contributed by atoms with E-state index in [0.717, 1.165) is 29.6 Å². The minimum absolute atomic E-state index is 0.00533. The van der Waals surface area contributed by atoms with E-state index in [4.69, 9.17) is 4.42 Å². The molecule has 1 aliphatic carbocycles. The molecule has 3 aromatic heterocycles. The van der Waals surface area contributed by atoms with Gasteiger partial charge in [-0.05, 0) is 55.9 Å². The van der Waals surface area contributed by atoms with Crippen molar-refractivity contribution in [1.82, 2.24) is 29.9 Å². The highest BCUT2D eigenvalue weighted by Crippen LogP contribution is 2.47. The number of aromatic nitrogens is 5. The van der Waals surface area contributed by atoms with Crippen LogP contribution in [0.3, 0.4) is 0 Å². The van der Waals surface area contributed by atoms with E-state index in [2.05, 4.69) is 32.4 Å². The van der Waals surface area contributed by atoms with Gasteiger partial charge in [0, 0.05) is 18.3 Å². The Morgan fingerprint density at radius 2 is 1.91 bits per heavy atom. The number of nitrogens with zero attached hydrogens (tertiary/aromatic N) is 6. The minimum Gasteiger partial charge on any atom is -0.424 e. The van der Waals surface area contributed by atoms with Crippen LogP contribution < -0.4 is 5.32 Å². The molecule has 1 saturated carbocycles. The fourth-order valence-corrected chi connectivity index (χ4v) is 5.20. The molecular formula is C24H25N7O2. The Bertz CT molecular complexity index is 1280. The summed E-state index contributed by atoms with van der Waals surface area (Å²) in [6.07, 6.45) is 5.27. The Balaban J connectivity index is 1.31. The van der Waals surface area contributed by atoms with Gasteiger partial charge in [-0.25, -0.2) is 4.98 Å². The van der Waals surface area contributed by atoms with E-state index < -0.39 is 0 Å². The SMILES string of the molecule is Cc1ccc(-n2nccn2)c(C(=O)N2C3CC(C3)C(C)C2CNc2nc3ccccc3o2)n1. The highest BCUT2D eigenvalue weighted by Gasteiger charge is 2.51. The largest absolute Gasteiger partial charge is 0.424 e. The number of amides is 1. The van der Waals surface area contributed by atoms with Gasteiger partial charge in [0.2, 0.25) is 0 Å². The summed E-state index contributed by atoms with van der Waals surface area (Å²) in [6, 6.07) is 12.1. The van der Waals surface area contributed by atoms with Crippen molar-refractivity contribution in [2.75, 3.05) is 11.9 Å². The van der Waals surface area contributed by atoms with Crippen LogP contribution in [0.2, 0.25) is 0 Å². The molecule has 2 bridgehead atoms. The number of oxazole rings is 1. The van der Waals surface area contributed by atoms with E-state index >= 15 is 0 Å². The number of piperidine rings is 2. The second-order valence-electron chi connectivity index (χ2n) is 9.03. The lowest BCUT2D eigenvalue weighted by Gasteiger charge is -2.57. The number of benzene rings is 1. The van der Waals surface area contributed by atoms with Crippen molar-refractivity contribution in [3.63, 3.8) is 0 Å². The van der Waals surface area contributed by atoms with Crippen LogP contribution in [0.4, 0.5) is 6.01 Å². The summed E-state index contributed by atoms with van der Waals surface area (Å²) < 4.78 is 5.84. The Morgan fingerprint density at radius 1 is 1.12 bits per heavy atom. The molecule has 3 fully saturated rings. The molecule has 5 heterocycles. The molecule has 1 N–H and O–H groups in total. The zero-order valence-corrected chi connectivity index (χ0v) is 18.5. The normalized spacial score (nSPS) is 24.0. The van der Waals surface area contributed by atoms with Crippen LogP contribution in [0.25, 0.3) is 16.8 Å². The summed E-state index contributed by atoms with van der Waals surface area (Å²) in [5, 5.41) is 11.8. The average Bonchev–Trinajstić information content (AvgIpc) is 3.46. The van der Waals surface area contributed by atoms with Gasteiger partial charge in [0.15, 0.2) is 11.3 Å². The molecular weight excluding hydrogens is 418 g/mol. The Morgan fingerprint density at radius 3 is 2.70 bits per heavy atom. The van der Waals surface area contributed by atoms with E-state index in [1.807, 2.05) is 48.2 Å². The molecule has 33 heavy (non-hydrogen) atoms. The number of para-hydroxylation sites is 2. The van der Waals surface area contributed by atoms with Gasteiger partial charge in [-0.3, -0.25) is 4.79 Å². The van der Waals surface area contributed by atoms with Gasteiger partial charge in [-0.15, -0.1) is 4.80 Å². The molecule has 9 heteroatoms. The summed E-state index contributed by atoms with van der Waals surface area (Å²) >= 11 is 0. The summed E-state index contributed by atoms with van der Waals surface area (Å²) in [5.41, 5.74) is 3.32. The summed E-state index contributed by atoms with van der Waals surface area (Å²) in [7, 11) is 0. The molecule has 1 amide bonds. The van der Waals surface area contributed by atoms with Crippen LogP contribution in [-0.4, -0.2) is 54.4 Å². The number of nitrogens with one attached hydrogen (secondary N) is 1. The lowest BCUT2D eigenvalue weighted by atomic mass is 9.64. The number of rotatable bonds is 5. The smallest absolute Gasteiger partial charge is 0.295 e. The van der Waals surface area contributed by atoms with Crippen LogP contribution in [0.15, 0.2) is 53.2 Å². The molecule has 2 atom stereocenters. The minimum atomic E-state index is -0.0784. The lowest BCUT2D eigenvalue weighted by molar-refractivity contribution is -0.0506. The quantitative estimate of drug-likeness (QED) is 0.504. The van der Waals surface area contributed by atoms with Gasteiger partial charge >= 0.3 is 0 Å². The molecule has 0 radical (unpaired) electrons. The molecule has 9 nitrogen and oxygen atoms in total. The van der Waals surface area contributed by atoms with Crippen LogP contribution in [0.1, 0.15) is 35.9 Å².